The van der Waals surface area contributed by atoms with E-state index in [-0.39, 0.29) is 48.6 Å². The molecule has 0 radical (unpaired) electrons. The monoisotopic (exact) mass is 513 g/mol. The van der Waals surface area contributed by atoms with Crippen molar-refractivity contribution in [3.8, 4) is 28.7 Å². The number of hydrogen-bond acceptors (Lipinski definition) is 9. The van der Waals surface area contributed by atoms with E-state index in [2.05, 4.69) is 10.6 Å². The summed E-state index contributed by atoms with van der Waals surface area (Å²) >= 11 is 0. The van der Waals surface area contributed by atoms with Crippen LogP contribution in [0.5, 0.6) is 28.7 Å². The van der Waals surface area contributed by atoms with E-state index in [0.717, 1.165) is 24.0 Å². The summed E-state index contributed by atoms with van der Waals surface area (Å²) in [4.78, 5) is 26.0. The fraction of sp³-hybridized carbons (Fsp3) is 0.462. The molecular weight excluding hydrogens is 482 g/mol. The smallest absolute Gasteiger partial charge is 0.315 e. The molecule has 11 heteroatoms. The molecule has 5 rings (SSSR count). The molecule has 0 aromatic heterocycles. The number of carbonyl (C=O) groups excluding carboxylic acids is 2. The van der Waals surface area contributed by atoms with Gasteiger partial charge in [0.2, 0.25) is 12.5 Å². The van der Waals surface area contributed by atoms with Crippen LogP contribution in [0.15, 0.2) is 24.3 Å². The molecule has 2 aromatic carbocycles. The van der Waals surface area contributed by atoms with Crippen molar-refractivity contribution < 1.29 is 38.4 Å². The number of carbonyl (C=O) groups is 2. The van der Waals surface area contributed by atoms with Gasteiger partial charge >= 0.3 is 12.0 Å². The van der Waals surface area contributed by atoms with Crippen LogP contribution in [0.3, 0.4) is 0 Å². The summed E-state index contributed by atoms with van der Waals surface area (Å²) in [6.07, 6.45) is 1.58. The van der Waals surface area contributed by atoms with Gasteiger partial charge in [0.15, 0.2) is 23.0 Å². The highest BCUT2D eigenvalue weighted by Gasteiger charge is 2.53. The number of nitrogens with one attached hydrogen (secondary N) is 2. The molecule has 2 aliphatic heterocycles. The maximum atomic E-state index is 13.2. The van der Waals surface area contributed by atoms with Crippen molar-refractivity contribution in [3.05, 3.63) is 41.0 Å². The van der Waals surface area contributed by atoms with Crippen molar-refractivity contribution in [1.82, 2.24) is 10.6 Å². The van der Waals surface area contributed by atoms with Gasteiger partial charge in [0.05, 0.1) is 32.8 Å². The lowest BCUT2D eigenvalue weighted by Gasteiger charge is -2.39. The average molecular weight is 514 g/mol. The number of esters is 1. The van der Waals surface area contributed by atoms with Gasteiger partial charge in [-0.3, -0.25) is 4.79 Å². The lowest BCUT2D eigenvalue weighted by molar-refractivity contribution is -0.141. The second kappa shape index (κ2) is 10.3. The Labute approximate surface area is 214 Å². The third kappa shape index (κ3) is 4.43. The predicted molar refractivity (Wildman–Crippen MR) is 131 cm³/mol. The lowest BCUT2D eigenvalue weighted by Crippen LogP contribution is -2.46. The summed E-state index contributed by atoms with van der Waals surface area (Å²) < 4.78 is 27.6. The van der Waals surface area contributed by atoms with E-state index in [9.17, 15) is 14.7 Å². The first kappa shape index (κ1) is 24.8. The summed E-state index contributed by atoms with van der Waals surface area (Å²) in [5, 5.41) is 16.4. The van der Waals surface area contributed by atoms with Crippen LogP contribution < -0.4 is 35.3 Å². The summed E-state index contributed by atoms with van der Waals surface area (Å²) in [6, 6.07) is 6.25. The highest BCUT2D eigenvalue weighted by atomic mass is 16.7. The lowest BCUT2D eigenvalue weighted by atomic mass is 9.65. The summed E-state index contributed by atoms with van der Waals surface area (Å²) in [7, 11) is 2.90. The molecule has 2 heterocycles. The van der Waals surface area contributed by atoms with Crippen molar-refractivity contribution in [1.29, 1.82) is 0 Å². The third-order valence-electron chi connectivity index (χ3n) is 7.25. The first-order valence-electron chi connectivity index (χ1n) is 12.3. The molecule has 4 atom stereocenters. The molecule has 3 aliphatic rings. The van der Waals surface area contributed by atoms with E-state index >= 15 is 0 Å². The summed E-state index contributed by atoms with van der Waals surface area (Å²) in [5.41, 5.74) is 7.83. The van der Waals surface area contributed by atoms with Gasteiger partial charge in [-0.1, -0.05) is 0 Å². The Morgan fingerprint density at radius 1 is 1.05 bits per heavy atom. The molecule has 1 saturated heterocycles. The molecule has 0 spiro atoms. The average Bonchev–Trinajstić information content (AvgIpc) is 3.52. The Morgan fingerprint density at radius 2 is 1.73 bits per heavy atom. The third-order valence-corrected chi connectivity index (χ3v) is 7.25. The van der Waals surface area contributed by atoms with Gasteiger partial charge in [-0.15, -0.1) is 0 Å². The molecule has 1 aliphatic carbocycles. The van der Waals surface area contributed by atoms with Gasteiger partial charge in [-0.25, -0.2) is 4.79 Å². The number of fused-ring (bicyclic) bond motifs is 3. The van der Waals surface area contributed by atoms with Crippen LogP contribution in [0.2, 0.25) is 0 Å². The van der Waals surface area contributed by atoms with Crippen LogP contribution >= 0.6 is 0 Å². The minimum absolute atomic E-state index is 0.0817. The Bertz CT molecular complexity index is 1180. The van der Waals surface area contributed by atoms with Crippen molar-refractivity contribution in [2.45, 2.75) is 24.8 Å². The van der Waals surface area contributed by atoms with Crippen LogP contribution in [0.1, 0.15) is 41.5 Å². The van der Waals surface area contributed by atoms with Crippen LogP contribution in [0, 0.1) is 11.8 Å². The van der Waals surface area contributed by atoms with E-state index in [1.54, 1.807) is 12.1 Å². The van der Waals surface area contributed by atoms with Crippen LogP contribution in [0.4, 0.5) is 4.79 Å². The number of methoxy groups -OCH3 is 2. The van der Waals surface area contributed by atoms with E-state index in [4.69, 9.17) is 29.4 Å². The minimum Gasteiger partial charge on any atom is -0.502 e. The highest BCUT2D eigenvalue weighted by Crippen LogP contribution is 2.55. The summed E-state index contributed by atoms with van der Waals surface area (Å²) in [6.45, 7) is 1.28. The van der Waals surface area contributed by atoms with E-state index in [1.807, 2.05) is 12.1 Å². The van der Waals surface area contributed by atoms with Crippen LogP contribution in [-0.2, 0) is 9.53 Å². The normalized spacial score (nSPS) is 23.1. The number of cyclic esters (lactones) is 1. The molecule has 1 fully saturated rings. The maximum Gasteiger partial charge on any atom is 0.315 e. The molecule has 5 N–H and O–H groups in total. The quantitative estimate of drug-likeness (QED) is 0.307. The first-order chi connectivity index (χ1) is 18.0. The second-order valence-corrected chi connectivity index (χ2v) is 9.28. The molecule has 37 heavy (non-hydrogen) atoms. The molecule has 1 unspecified atom stereocenters. The van der Waals surface area contributed by atoms with Gasteiger partial charge in [0.1, 0.15) is 0 Å². The van der Waals surface area contributed by atoms with E-state index in [0.29, 0.717) is 30.2 Å². The number of benzene rings is 2. The Morgan fingerprint density at radius 3 is 2.38 bits per heavy atom. The zero-order valence-corrected chi connectivity index (χ0v) is 20.7. The van der Waals surface area contributed by atoms with Crippen molar-refractivity contribution in [3.63, 3.8) is 0 Å². The van der Waals surface area contributed by atoms with Gasteiger partial charge in [-0.2, -0.15) is 0 Å². The number of unbranched alkanes of at least 4 members (excludes halogenated alkanes) is 1. The topological polar surface area (TPSA) is 151 Å². The van der Waals surface area contributed by atoms with Crippen LogP contribution in [-0.4, -0.2) is 57.8 Å². The predicted octanol–water partition coefficient (Wildman–Crippen LogP) is 2.15. The van der Waals surface area contributed by atoms with Crippen molar-refractivity contribution in [2.24, 2.45) is 17.6 Å². The number of hydrogen-bond donors (Lipinski definition) is 4. The van der Waals surface area contributed by atoms with E-state index < -0.39 is 17.9 Å². The fourth-order valence-corrected chi connectivity index (χ4v) is 5.50. The number of urea groups is 1. The Kier molecular flexibility index (Phi) is 6.88. The molecule has 11 nitrogen and oxygen atoms in total. The van der Waals surface area contributed by atoms with Crippen molar-refractivity contribution >= 4 is 12.0 Å². The van der Waals surface area contributed by atoms with Gasteiger partial charge in [-0.05, 0) is 60.3 Å². The SMILES string of the molecule is COc1cc(C2c3cc4c(cc3[C@@H](NC(=O)NCCCCN)[C@H]3COC(=O)[C@H]23)OCO4)cc(OC)c1O. The molecular formula is C26H31N3O8. The number of phenols is 1. The second-order valence-electron chi connectivity index (χ2n) is 9.28. The number of phenolic OH excluding ortho intramolecular Hbond substituents is 1. The Hall–Kier alpha value is -3.86. The molecule has 2 amide bonds. The highest BCUT2D eigenvalue weighted by molar-refractivity contribution is 5.80. The standard InChI is InChI=1S/C26H31N3O8/c1-33-19-7-13(8-20(34-2)24(19)30)21-14-9-17-18(37-12-36-17)10-15(14)23(16-11-35-25(31)22(16)21)29-26(32)28-6-4-3-5-27/h7-10,16,21-23,30H,3-6,11-12,27H2,1-2H3,(H2,28,29,32)/t16-,21?,22-,23+/m0/s1. The summed E-state index contributed by atoms with van der Waals surface area (Å²) in [5.74, 6) is -0.355. The zero-order chi connectivity index (χ0) is 26.1. The van der Waals surface area contributed by atoms with Gasteiger partial charge in [0.25, 0.3) is 0 Å². The largest absolute Gasteiger partial charge is 0.502 e. The zero-order valence-electron chi connectivity index (χ0n) is 20.7. The molecule has 0 bridgehead atoms. The number of aromatic hydroxyl groups is 1. The number of amides is 2. The fourth-order valence-electron chi connectivity index (χ4n) is 5.50. The van der Waals surface area contributed by atoms with Gasteiger partial charge < -0.3 is 45.2 Å². The van der Waals surface area contributed by atoms with E-state index in [1.165, 1.54) is 14.2 Å². The number of nitrogens with two attached hydrogens (primary N) is 1. The van der Waals surface area contributed by atoms with Crippen molar-refractivity contribution in [2.75, 3.05) is 40.7 Å². The molecule has 2 aromatic rings. The maximum absolute atomic E-state index is 13.2. The number of ether oxygens (including phenoxy) is 5. The minimum atomic E-state index is -0.602. The van der Waals surface area contributed by atoms with Gasteiger partial charge in [0, 0.05) is 18.4 Å². The van der Waals surface area contributed by atoms with Crippen LogP contribution in [0.25, 0.3) is 0 Å². The Balaban J connectivity index is 1.60. The molecule has 198 valence electrons. The molecule has 0 saturated carbocycles. The number of rotatable bonds is 8. The first-order valence-corrected chi connectivity index (χ1v) is 12.3.